The molecule has 108 valence electrons. The Bertz CT molecular complexity index is 525. The number of nitrogens with one attached hydrogen (secondary N) is 1. The van der Waals surface area contributed by atoms with Gasteiger partial charge < -0.3 is 10.1 Å². The van der Waals surface area contributed by atoms with Crippen molar-refractivity contribution >= 4 is 27.3 Å². The van der Waals surface area contributed by atoms with E-state index >= 15 is 0 Å². The van der Waals surface area contributed by atoms with E-state index < -0.39 is 0 Å². The number of hydrogen-bond donors (Lipinski definition) is 1. The number of rotatable bonds is 7. The van der Waals surface area contributed by atoms with Crippen LogP contribution in [0.3, 0.4) is 0 Å². The van der Waals surface area contributed by atoms with Gasteiger partial charge in [0.1, 0.15) is 12.4 Å². The van der Waals surface area contributed by atoms with Crippen LogP contribution >= 0.6 is 27.3 Å². The third-order valence-electron chi connectivity index (χ3n) is 2.87. The summed E-state index contributed by atoms with van der Waals surface area (Å²) in [6.07, 6.45) is 0. The summed E-state index contributed by atoms with van der Waals surface area (Å²) in [6.45, 7) is 6.89. The molecule has 2 rings (SSSR count). The molecule has 2 aromatic rings. The van der Waals surface area contributed by atoms with E-state index in [9.17, 15) is 0 Å². The number of benzene rings is 1. The first-order valence-corrected chi connectivity index (χ1v) is 8.51. The summed E-state index contributed by atoms with van der Waals surface area (Å²) in [5.74, 6) is 1.60. The fourth-order valence-corrected chi connectivity index (χ4v) is 2.92. The quantitative estimate of drug-likeness (QED) is 0.769. The summed E-state index contributed by atoms with van der Waals surface area (Å²) < 4.78 is 7.02. The molecule has 0 radical (unpaired) electrons. The first-order valence-electron chi connectivity index (χ1n) is 6.78. The van der Waals surface area contributed by atoms with Gasteiger partial charge in [0.15, 0.2) is 0 Å². The highest BCUT2D eigenvalue weighted by atomic mass is 79.9. The average molecular weight is 354 g/mol. The highest BCUT2D eigenvalue weighted by Gasteiger charge is 2.06. The van der Waals surface area contributed by atoms with Crippen molar-refractivity contribution in [1.29, 1.82) is 0 Å². The summed E-state index contributed by atoms with van der Waals surface area (Å²) in [4.78, 5) is 0. The van der Waals surface area contributed by atoms with Gasteiger partial charge in [0.05, 0.1) is 0 Å². The van der Waals surface area contributed by atoms with Crippen molar-refractivity contribution in [2.24, 2.45) is 5.92 Å². The van der Waals surface area contributed by atoms with Crippen molar-refractivity contribution in [3.63, 3.8) is 0 Å². The lowest BCUT2D eigenvalue weighted by molar-refractivity contribution is 0.302. The summed E-state index contributed by atoms with van der Waals surface area (Å²) in [5, 5.41) is 7.66. The van der Waals surface area contributed by atoms with Crippen LogP contribution in [0.15, 0.2) is 39.5 Å². The maximum absolute atomic E-state index is 5.94. The molecule has 0 amide bonds. The van der Waals surface area contributed by atoms with E-state index in [1.165, 1.54) is 11.1 Å². The third-order valence-corrected chi connectivity index (χ3v) is 4.09. The van der Waals surface area contributed by atoms with Gasteiger partial charge in [-0.15, -0.1) is 0 Å². The van der Waals surface area contributed by atoms with Crippen molar-refractivity contribution in [2.75, 3.05) is 6.54 Å². The van der Waals surface area contributed by atoms with Crippen molar-refractivity contribution in [3.05, 3.63) is 50.6 Å². The van der Waals surface area contributed by atoms with Crippen LogP contribution in [0, 0.1) is 5.92 Å². The monoisotopic (exact) mass is 353 g/mol. The summed E-state index contributed by atoms with van der Waals surface area (Å²) in [5.41, 5.74) is 2.41. The lowest BCUT2D eigenvalue weighted by atomic mass is 10.2. The highest BCUT2D eigenvalue weighted by Crippen LogP contribution is 2.24. The first-order chi connectivity index (χ1) is 9.65. The number of ether oxygens (including phenoxy) is 1. The molecular weight excluding hydrogens is 334 g/mol. The zero-order valence-corrected chi connectivity index (χ0v) is 14.3. The van der Waals surface area contributed by atoms with Crippen LogP contribution in [0.5, 0.6) is 5.75 Å². The minimum atomic E-state index is 0.627. The summed E-state index contributed by atoms with van der Waals surface area (Å²) in [7, 11) is 0. The lowest BCUT2D eigenvalue weighted by Gasteiger charge is -2.13. The van der Waals surface area contributed by atoms with E-state index in [4.69, 9.17) is 4.74 Å². The first kappa shape index (κ1) is 15.5. The van der Waals surface area contributed by atoms with Crippen molar-refractivity contribution in [3.8, 4) is 5.75 Å². The van der Waals surface area contributed by atoms with Gasteiger partial charge in [0, 0.05) is 16.6 Å². The van der Waals surface area contributed by atoms with E-state index in [0.29, 0.717) is 12.5 Å². The second kappa shape index (κ2) is 7.81. The molecule has 2 nitrogen and oxygen atoms in total. The van der Waals surface area contributed by atoms with Gasteiger partial charge >= 0.3 is 0 Å². The Morgan fingerprint density at radius 1 is 1.30 bits per heavy atom. The van der Waals surface area contributed by atoms with Crippen LogP contribution in [-0.4, -0.2) is 6.54 Å². The second-order valence-corrected chi connectivity index (χ2v) is 6.89. The van der Waals surface area contributed by atoms with Crippen LogP contribution in [0.4, 0.5) is 0 Å². The molecule has 0 aliphatic heterocycles. The number of thiophene rings is 1. The van der Waals surface area contributed by atoms with Gasteiger partial charge in [-0.3, -0.25) is 0 Å². The SMILES string of the molecule is CC(C)CNCc1cc(Br)ccc1OCc1ccsc1. The van der Waals surface area contributed by atoms with Crippen molar-refractivity contribution < 1.29 is 4.74 Å². The third kappa shape index (κ3) is 4.93. The Labute approximate surface area is 133 Å². The molecule has 4 heteroatoms. The molecule has 1 heterocycles. The molecule has 0 bridgehead atoms. The van der Waals surface area contributed by atoms with Crippen molar-refractivity contribution in [2.45, 2.75) is 27.0 Å². The zero-order chi connectivity index (χ0) is 14.4. The van der Waals surface area contributed by atoms with Crippen LogP contribution < -0.4 is 10.1 Å². The zero-order valence-electron chi connectivity index (χ0n) is 11.9. The molecule has 0 unspecified atom stereocenters. The minimum absolute atomic E-state index is 0.627. The molecule has 0 saturated heterocycles. The van der Waals surface area contributed by atoms with E-state index in [1.54, 1.807) is 11.3 Å². The van der Waals surface area contributed by atoms with Gasteiger partial charge in [-0.1, -0.05) is 29.8 Å². The minimum Gasteiger partial charge on any atom is -0.489 e. The van der Waals surface area contributed by atoms with E-state index in [2.05, 4.69) is 58.0 Å². The average Bonchev–Trinajstić information content (AvgIpc) is 2.90. The largest absolute Gasteiger partial charge is 0.489 e. The van der Waals surface area contributed by atoms with E-state index in [1.807, 2.05) is 12.1 Å². The van der Waals surface area contributed by atoms with E-state index in [0.717, 1.165) is 23.3 Å². The predicted molar refractivity (Wildman–Crippen MR) is 89.3 cm³/mol. The van der Waals surface area contributed by atoms with Gasteiger partial charge in [0.2, 0.25) is 0 Å². The maximum atomic E-state index is 5.94. The van der Waals surface area contributed by atoms with Crippen LogP contribution in [-0.2, 0) is 13.2 Å². The molecule has 1 aromatic carbocycles. The standard InChI is InChI=1S/C16H20BrNOS/c1-12(2)8-18-9-14-7-15(17)3-4-16(14)19-10-13-5-6-20-11-13/h3-7,11-12,18H,8-10H2,1-2H3. The molecule has 1 aromatic heterocycles. The van der Waals surface area contributed by atoms with Crippen LogP contribution in [0.25, 0.3) is 0 Å². The number of hydrogen-bond acceptors (Lipinski definition) is 3. The summed E-state index contributed by atoms with van der Waals surface area (Å²) in [6, 6.07) is 8.27. The molecular formula is C16H20BrNOS. The number of halogens is 1. The Hall–Kier alpha value is -0.840. The molecule has 20 heavy (non-hydrogen) atoms. The predicted octanol–water partition coefficient (Wildman–Crippen LogP) is 4.84. The van der Waals surface area contributed by atoms with Crippen molar-refractivity contribution in [1.82, 2.24) is 5.32 Å². The second-order valence-electron chi connectivity index (χ2n) is 5.20. The Morgan fingerprint density at radius 3 is 2.85 bits per heavy atom. The van der Waals surface area contributed by atoms with Crippen LogP contribution in [0.2, 0.25) is 0 Å². The molecule has 1 N–H and O–H groups in total. The topological polar surface area (TPSA) is 21.3 Å². The summed E-state index contributed by atoms with van der Waals surface area (Å²) >= 11 is 5.22. The molecule has 0 saturated carbocycles. The lowest BCUT2D eigenvalue weighted by Crippen LogP contribution is -2.19. The molecule has 0 atom stereocenters. The van der Waals surface area contributed by atoms with Gasteiger partial charge in [-0.05, 0) is 53.1 Å². The van der Waals surface area contributed by atoms with Gasteiger partial charge in [-0.2, -0.15) is 11.3 Å². The Kier molecular flexibility index (Phi) is 6.07. The molecule has 0 aliphatic rings. The van der Waals surface area contributed by atoms with Gasteiger partial charge in [0.25, 0.3) is 0 Å². The highest BCUT2D eigenvalue weighted by molar-refractivity contribution is 9.10. The van der Waals surface area contributed by atoms with E-state index in [-0.39, 0.29) is 0 Å². The van der Waals surface area contributed by atoms with Crippen LogP contribution in [0.1, 0.15) is 25.0 Å². The maximum Gasteiger partial charge on any atom is 0.124 e. The smallest absolute Gasteiger partial charge is 0.124 e. The fraction of sp³-hybridized carbons (Fsp3) is 0.375. The molecule has 0 fully saturated rings. The normalized spacial score (nSPS) is 11.0. The molecule has 0 aliphatic carbocycles. The van der Waals surface area contributed by atoms with Gasteiger partial charge in [-0.25, -0.2) is 0 Å². The Balaban J connectivity index is 1.99. The molecule has 0 spiro atoms. The fourth-order valence-electron chi connectivity index (χ4n) is 1.86. The Morgan fingerprint density at radius 2 is 2.15 bits per heavy atom.